The van der Waals surface area contributed by atoms with Crippen molar-refractivity contribution in [1.29, 1.82) is 0 Å². The number of para-hydroxylation sites is 1. The predicted octanol–water partition coefficient (Wildman–Crippen LogP) is 2.90. The van der Waals surface area contributed by atoms with E-state index in [0.717, 1.165) is 0 Å². The zero-order chi connectivity index (χ0) is 15.5. The van der Waals surface area contributed by atoms with Gasteiger partial charge in [0.05, 0.1) is 18.2 Å². The number of carbonyl (C=O) groups is 1. The van der Waals surface area contributed by atoms with Crippen LogP contribution in [0.1, 0.15) is 10.4 Å². The van der Waals surface area contributed by atoms with Gasteiger partial charge in [-0.15, -0.1) is 10.2 Å². The van der Waals surface area contributed by atoms with E-state index in [4.69, 9.17) is 4.42 Å². The molecule has 2 aromatic carbocycles. The van der Waals surface area contributed by atoms with E-state index in [9.17, 15) is 9.90 Å². The zero-order valence-corrected chi connectivity index (χ0v) is 11.7. The lowest BCUT2D eigenvalue weighted by atomic mass is 10.1. The van der Waals surface area contributed by atoms with Gasteiger partial charge < -0.3 is 14.3 Å². The SMILES string of the molecule is COC(=O)c1ccc(-c2nnc(-c3ccccc3O)o2)cc1. The number of ether oxygens (including phenoxy) is 1. The number of methoxy groups -OCH3 is 1. The number of benzene rings is 2. The summed E-state index contributed by atoms with van der Waals surface area (Å²) in [6.45, 7) is 0. The Morgan fingerprint density at radius 3 is 2.41 bits per heavy atom. The van der Waals surface area contributed by atoms with Gasteiger partial charge in [0.15, 0.2) is 0 Å². The molecule has 6 heteroatoms. The second kappa shape index (κ2) is 5.69. The van der Waals surface area contributed by atoms with Crippen LogP contribution in [0, 0.1) is 0 Å². The number of nitrogens with zero attached hydrogens (tertiary/aromatic N) is 2. The maximum Gasteiger partial charge on any atom is 0.337 e. The van der Waals surface area contributed by atoms with E-state index >= 15 is 0 Å². The molecule has 0 fully saturated rings. The molecule has 1 N–H and O–H groups in total. The average molecular weight is 296 g/mol. The van der Waals surface area contributed by atoms with Crippen molar-refractivity contribution in [2.24, 2.45) is 0 Å². The molecule has 1 aromatic heterocycles. The molecule has 0 atom stereocenters. The van der Waals surface area contributed by atoms with E-state index in [1.807, 2.05) is 0 Å². The van der Waals surface area contributed by atoms with E-state index in [0.29, 0.717) is 22.6 Å². The smallest absolute Gasteiger partial charge is 0.337 e. The Hall–Kier alpha value is -3.15. The van der Waals surface area contributed by atoms with E-state index in [1.165, 1.54) is 7.11 Å². The Balaban J connectivity index is 1.91. The number of phenolic OH excluding ortho intramolecular Hbond substituents is 1. The van der Waals surface area contributed by atoms with Crippen LogP contribution in [0.4, 0.5) is 0 Å². The number of aromatic nitrogens is 2. The van der Waals surface area contributed by atoms with Crippen LogP contribution in [0.15, 0.2) is 52.9 Å². The van der Waals surface area contributed by atoms with Crippen molar-refractivity contribution in [3.8, 4) is 28.7 Å². The second-order valence-corrected chi connectivity index (χ2v) is 4.50. The highest BCUT2D eigenvalue weighted by Crippen LogP contribution is 2.29. The van der Waals surface area contributed by atoms with Gasteiger partial charge in [0, 0.05) is 5.56 Å². The van der Waals surface area contributed by atoms with Gasteiger partial charge in [0.1, 0.15) is 5.75 Å². The summed E-state index contributed by atoms with van der Waals surface area (Å²) in [5.41, 5.74) is 1.57. The Kier molecular flexibility index (Phi) is 3.57. The summed E-state index contributed by atoms with van der Waals surface area (Å²) in [6, 6.07) is 13.3. The minimum atomic E-state index is -0.410. The summed E-state index contributed by atoms with van der Waals surface area (Å²) >= 11 is 0. The molecule has 1 heterocycles. The number of hydrogen-bond donors (Lipinski definition) is 1. The van der Waals surface area contributed by atoms with Crippen molar-refractivity contribution in [2.75, 3.05) is 7.11 Å². The van der Waals surface area contributed by atoms with Gasteiger partial charge in [-0.25, -0.2) is 4.79 Å². The summed E-state index contributed by atoms with van der Waals surface area (Å²) in [7, 11) is 1.33. The molecule has 0 aliphatic heterocycles. The summed E-state index contributed by atoms with van der Waals surface area (Å²) in [5.74, 6) is 0.186. The van der Waals surface area contributed by atoms with E-state index in [2.05, 4.69) is 14.9 Å². The molecule has 110 valence electrons. The van der Waals surface area contributed by atoms with Gasteiger partial charge in [-0.05, 0) is 36.4 Å². The van der Waals surface area contributed by atoms with Crippen molar-refractivity contribution >= 4 is 5.97 Å². The summed E-state index contributed by atoms with van der Waals surface area (Å²) in [5, 5.41) is 17.7. The molecule has 22 heavy (non-hydrogen) atoms. The molecule has 0 aliphatic carbocycles. The molecule has 0 spiro atoms. The number of phenols is 1. The number of rotatable bonds is 3. The number of hydrogen-bond acceptors (Lipinski definition) is 6. The normalized spacial score (nSPS) is 10.4. The fraction of sp³-hybridized carbons (Fsp3) is 0.0625. The fourth-order valence-electron chi connectivity index (χ4n) is 1.97. The standard InChI is InChI=1S/C16H12N2O4/c1-21-16(20)11-8-6-10(7-9-11)14-17-18-15(22-14)12-4-2-3-5-13(12)19/h2-9,19H,1H3. The monoisotopic (exact) mass is 296 g/mol. The number of esters is 1. The Bertz CT molecular complexity index is 809. The van der Waals surface area contributed by atoms with Crippen LogP contribution in [0.5, 0.6) is 5.75 Å². The first-order valence-electron chi connectivity index (χ1n) is 6.49. The summed E-state index contributed by atoms with van der Waals surface area (Å²) < 4.78 is 10.2. The van der Waals surface area contributed by atoms with Crippen molar-refractivity contribution in [3.63, 3.8) is 0 Å². The topological polar surface area (TPSA) is 85.5 Å². The maximum atomic E-state index is 11.4. The van der Waals surface area contributed by atoms with Gasteiger partial charge >= 0.3 is 5.97 Å². The molecule has 0 aliphatic rings. The highest BCUT2D eigenvalue weighted by molar-refractivity contribution is 5.89. The number of aromatic hydroxyl groups is 1. The molecule has 0 unspecified atom stereocenters. The minimum Gasteiger partial charge on any atom is -0.507 e. The molecular formula is C16H12N2O4. The van der Waals surface area contributed by atoms with Crippen molar-refractivity contribution in [1.82, 2.24) is 10.2 Å². The maximum absolute atomic E-state index is 11.4. The molecule has 0 radical (unpaired) electrons. The van der Waals surface area contributed by atoms with Crippen LogP contribution >= 0.6 is 0 Å². The highest BCUT2D eigenvalue weighted by atomic mass is 16.5. The second-order valence-electron chi connectivity index (χ2n) is 4.50. The third-order valence-corrected chi connectivity index (χ3v) is 3.11. The quantitative estimate of drug-likeness (QED) is 0.748. The third-order valence-electron chi connectivity index (χ3n) is 3.11. The molecule has 0 bridgehead atoms. The third kappa shape index (κ3) is 2.54. The van der Waals surface area contributed by atoms with Crippen LogP contribution in [-0.2, 0) is 4.74 Å². The molecule has 6 nitrogen and oxygen atoms in total. The summed E-state index contributed by atoms with van der Waals surface area (Å²) in [4.78, 5) is 11.4. The van der Waals surface area contributed by atoms with Crippen molar-refractivity contribution < 1.29 is 19.1 Å². The van der Waals surface area contributed by atoms with Gasteiger partial charge in [0.25, 0.3) is 5.89 Å². The predicted molar refractivity (Wildman–Crippen MR) is 78.2 cm³/mol. The highest BCUT2D eigenvalue weighted by Gasteiger charge is 2.14. The van der Waals surface area contributed by atoms with Gasteiger partial charge in [0.2, 0.25) is 5.89 Å². The summed E-state index contributed by atoms with van der Waals surface area (Å²) in [6.07, 6.45) is 0. The zero-order valence-electron chi connectivity index (χ0n) is 11.7. The van der Waals surface area contributed by atoms with E-state index in [-0.39, 0.29) is 11.6 Å². The van der Waals surface area contributed by atoms with Crippen molar-refractivity contribution in [2.45, 2.75) is 0 Å². The molecule has 0 saturated heterocycles. The molecular weight excluding hydrogens is 284 g/mol. The van der Waals surface area contributed by atoms with Gasteiger partial charge in [-0.1, -0.05) is 12.1 Å². The average Bonchev–Trinajstić information content (AvgIpc) is 3.04. The van der Waals surface area contributed by atoms with Crippen LogP contribution in [0.25, 0.3) is 22.9 Å². The van der Waals surface area contributed by atoms with Crippen LogP contribution in [-0.4, -0.2) is 28.4 Å². The fourth-order valence-corrected chi connectivity index (χ4v) is 1.97. The molecule has 3 rings (SSSR count). The van der Waals surface area contributed by atoms with Gasteiger partial charge in [-0.2, -0.15) is 0 Å². The van der Waals surface area contributed by atoms with Crippen molar-refractivity contribution in [3.05, 3.63) is 54.1 Å². The Morgan fingerprint density at radius 1 is 1.05 bits per heavy atom. The number of carbonyl (C=O) groups excluding carboxylic acids is 1. The van der Waals surface area contributed by atoms with Crippen LogP contribution in [0.2, 0.25) is 0 Å². The largest absolute Gasteiger partial charge is 0.507 e. The minimum absolute atomic E-state index is 0.0683. The van der Waals surface area contributed by atoms with Crippen LogP contribution in [0.3, 0.4) is 0 Å². The molecule has 0 amide bonds. The Morgan fingerprint density at radius 2 is 1.73 bits per heavy atom. The lowest BCUT2D eigenvalue weighted by Crippen LogP contribution is -2.00. The first-order chi connectivity index (χ1) is 10.7. The molecule has 0 saturated carbocycles. The van der Waals surface area contributed by atoms with Gasteiger partial charge in [-0.3, -0.25) is 0 Å². The first kappa shape index (κ1) is 13.8. The lowest BCUT2D eigenvalue weighted by Gasteiger charge is -2.00. The lowest BCUT2D eigenvalue weighted by molar-refractivity contribution is 0.0600. The van der Waals surface area contributed by atoms with E-state index < -0.39 is 5.97 Å². The Labute approximate surface area is 126 Å². The van der Waals surface area contributed by atoms with Crippen LogP contribution < -0.4 is 0 Å². The molecule has 3 aromatic rings. The van der Waals surface area contributed by atoms with E-state index in [1.54, 1.807) is 48.5 Å². The first-order valence-corrected chi connectivity index (χ1v) is 6.49.